The SMILES string of the molecule is CCOc1ccc(CCNC(=O)COC(=O)Cc2cccc(OC)c2)cc1OCC. The summed E-state index contributed by atoms with van der Waals surface area (Å²) in [5.74, 6) is 1.25. The lowest BCUT2D eigenvalue weighted by Crippen LogP contribution is -2.30. The molecule has 0 aliphatic carbocycles. The molecule has 0 aliphatic rings. The number of rotatable bonds is 12. The third-order valence-electron chi connectivity index (χ3n) is 4.19. The number of methoxy groups -OCH3 is 1. The van der Waals surface area contributed by atoms with Gasteiger partial charge in [-0.25, -0.2) is 0 Å². The van der Waals surface area contributed by atoms with Crippen molar-refractivity contribution in [1.29, 1.82) is 0 Å². The molecule has 1 N–H and O–H groups in total. The Balaban J connectivity index is 1.74. The van der Waals surface area contributed by atoms with E-state index in [1.807, 2.05) is 32.0 Å². The summed E-state index contributed by atoms with van der Waals surface area (Å²) < 4.78 is 21.3. The molecule has 0 heterocycles. The second-order valence-electron chi connectivity index (χ2n) is 6.44. The van der Waals surface area contributed by atoms with Crippen molar-refractivity contribution in [3.05, 3.63) is 53.6 Å². The summed E-state index contributed by atoms with van der Waals surface area (Å²) in [7, 11) is 1.56. The predicted octanol–water partition coefficient (Wildman–Crippen LogP) is 2.94. The standard InChI is InChI=1S/C23H29NO6/c1-4-28-20-10-9-17(14-21(20)29-5-2)11-12-24-22(25)16-30-23(26)15-18-7-6-8-19(13-18)27-3/h6-10,13-14H,4-5,11-12,15-16H2,1-3H3,(H,24,25). The topological polar surface area (TPSA) is 83.1 Å². The average molecular weight is 415 g/mol. The van der Waals surface area contributed by atoms with Crippen LogP contribution in [0.3, 0.4) is 0 Å². The summed E-state index contributed by atoms with van der Waals surface area (Å²) >= 11 is 0. The molecule has 0 unspecified atom stereocenters. The van der Waals surface area contributed by atoms with Crippen LogP contribution < -0.4 is 19.5 Å². The highest BCUT2D eigenvalue weighted by atomic mass is 16.5. The summed E-state index contributed by atoms with van der Waals surface area (Å²) in [6, 6.07) is 12.9. The number of nitrogens with one attached hydrogen (secondary N) is 1. The summed E-state index contributed by atoms with van der Waals surface area (Å²) in [4.78, 5) is 23.9. The molecule has 30 heavy (non-hydrogen) atoms. The molecule has 1 amide bonds. The molecular formula is C23H29NO6. The van der Waals surface area contributed by atoms with Crippen LogP contribution in [-0.4, -0.2) is 45.4 Å². The van der Waals surface area contributed by atoms with E-state index in [-0.39, 0.29) is 18.9 Å². The fourth-order valence-electron chi connectivity index (χ4n) is 2.79. The third-order valence-corrected chi connectivity index (χ3v) is 4.19. The predicted molar refractivity (Wildman–Crippen MR) is 113 cm³/mol. The van der Waals surface area contributed by atoms with Gasteiger partial charge in [-0.2, -0.15) is 0 Å². The van der Waals surface area contributed by atoms with Gasteiger partial charge in [0.2, 0.25) is 0 Å². The molecule has 2 rings (SSSR count). The minimum Gasteiger partial charge on any atom is -0.497 e. The largest absolute Gasteiger partial charge is 0.497 e. The normalized spacial score (nSPS) is 10.2. The first-order valence-electron chi connectivity index (χ1n) is 9.99. The lowest BCUT2D eigenvalue weighted by Gasteiger charge is -2.12. The minimum atomic E-state index is -0.466. The maximum absolute atomic E-state index is 11.9. The monoisotopic (exact) mass is 415 g/mol. The van der Waals surface area contributed by atoms with Crippen molar-refractivity contribution < 1.29 is 28.5 Å². The first-order valence-corrected chi connectivity index (χ1v) is 9.99. The zero-order valence-electron chi connectivity index (χ0n) is 17.7. The van der Waals surface area contributed by atoms with Crippen LogP contribution in [0.25, 0.3) is 0 Å². The molecule has 0 aliphatic heterocycles. The Hall–Kier alpha value is -3.22. The maximum atomic E-state index is 11.9. The Morgan fingerprint density at radius 3 is 2.43 bits per heavy atom. The van der Waals surface area contributed by atoms with Gasteiger partial charge in [0, 0.05) is 6.54 Å². The van der Waals surface area contributed by atoms with Gasteiger partial charge in [0.25, 0.3) is 5.91 Å². The fourth-order valence-corrected chi connectivity index (χ4v) is 2.79. The maximum Gasteiger partial charge on any atom is 0.310 e. The number of carbonyl (C=O) groups excluding carboxylic acids is 2. The van der Waals surface area contributed by atoms with E-state index in [0.717, 1.165) is 11.1 Å². The number of amides is 1. The second kappa shape index (κ2) is 12.4. The van der Waals surface area contributed by atoms with Crippen LogP contribution in [0.4, 0.5) is 0 Å². The molecule has 7 heteroatoms. The average Bonchev–Trinajstić information content (AvgIpc) is 2.74. The number of benzene rings is 2. The Morgan fingerprint density at radius 1 is 0.933 bits per heavy atom. The smallest absolute Gasteiger partial charge is 0.310 e. The number of hydrogen-bond acceptors (Lipinski definition) is 6. The first kappa shape index (κ1) is 23.1. The number of ether oxygens (including phenoxy) is 4. The number of esters is 1. The van der Waals surface area contributed by atoms with Crippen LogP contribution in [0.15, 0.2) is 42.5 Å². The summed E-state index contributed by atoms with van der Waals surface area (Å²) in [6.07, 6.45) is 0.701. The van der Waals surface area contributed by atoms with Crippen molar-refractivity contribution in [2.45, 2.75) is 26.7 Å². The van der Waals surface area contributed by atoms with E-state index in [2.05, 4.69) is 5.32 Å². The van der Waals surface area contributed by atoms with Crippen molar-refractivity contribution in [3.8, 4) is 17.2 Å². The van der Waals surface area contributed by atoms with Gasteiger partial charge >= 0.3 is 5.97 Å². The van der Waals surface area contributed by atoms with Crippen LogP contribution in [-0.2, 0) is 27.2 Å². The Kier molecular flexibility index (Phi) is 9.51. The molecule has 0 saturated heterocycles. The molecule has 0 spiro atoms. The van der Waals surface area contributed by atoms with Gasteiger partial charge < -0.3 is 24.3 Å². The number of hydrogen-bond donors (Lipinski definition) is 1. The van der Waals surface area contributed by atoms with Crippen LogP contribution in [0.2, 0.25) is 0 Å². The summed E-state index contributed by atoms with van der Waals surface area (Å²) in [6.45, 7) is 5.05. The van der Waals surface area contributed by atoms with Gasteiger partial charge in [-0.1, -0.05) is 18.2 Å². The molecule has 0 bridgehead atoms. The zero-order valence-corrected chi connectivity index (χ0v) is 17.7. The Bertz CT molecular complexity index is 836. The Morgan fingerprint density at radius 2 is 1.70 bits per heavy atom. The molecule has 0 atom stereocenters. The molecule has 2 aromatic carbocycles. The van der Waals surface area contributed by atoms with E-state index >= 15 is 0 Å². The van der Waals surface area contributed by atoms with Crippen molar-refractivity contribution in [2.75, 3.05) is 33.5 Å². The quantitative estimate of drug-likeness (QED) is 0.537. The highest BCUT2D eigenvalue weighted by Crippen LogP contribution is 2.28. The summed E-state index contributed by atoms with van der Waals surface area (Å²) in [5, 5.41) is 2.75. The van der Waals surface area contributed by atoms with Gasteiger partial charge in [0.1, 0.15) is 5.75 Å². The van der Waals surface area contributed by atoms with E-state index in [1.165, 1.54) is 0 Å². The van der Waals surface area contributed by atoms with Crippen molar-refractivity contribution in [3.63, 3.8) is 0 Å². The van der Waals surface area contributed by atoms with E-state index in [1.54, 1.807) is 31.4 Å². The van der Waals surface area contributed by atoms with Gasteiger partial charge in [0.05, 0.1) is 26.7 Å². The highest BCUT2D eigenvalue weighted by Gasteiger charge is 2.10. The van der Waals surface area contributed by atoms with E-state index in [4.69, 9.17) is 18.9 Å². The molecule has 7 nitrogen and oxygen atoms in total. The van der Waals surface area contributed by atoms with Crippen LogP contribution in [0.5, 0.6) is 17.2 Å². The molecule has 0 radical (unpaired) electrons. The van der Waals surface area contributed by atoms with Crippen molar-refractivity contribution >= 4 is 11.9 Å². The van der Waals surface area contributed by atoms with E-state index in [0.29, 0.717) is 43.4 Å². The zero-order chi connectivity index (χ0) is 21.8. The van der Waals surface area contributed by atoms with Crippen molar-refractivity contribution in [2.24, 2.45) is 0 Å². The molecular weight excluding hydrogens is 386 g/mol. The number of carbonyl (C=O) groups is 2. The Labute approximate surface area is 177 Å². The fraction of sp³-hybridized carbons (Fsp3) is 0.391. The van der Waals surface area contributed by atoms with E-state index < -0.39 is 5.97 Å². The third kappa shape index (κ3) is 7.66. The molecule has 162 valence electrons. The van der Waals surface area contributed by atoms with Crippen LogP contribution >= 0.6 is 0 Å². The van der Waals surface area contributed by atoms with Crippen molar-refractivity contribution in [1.82, 2.24) is 5.32 Å². The second-order valence-corrected chi connectivity index (χ2v) is 6.44. The molecule has 0 aromatic heterocycles. The van der Waals surface area contributed by atoms with Gasteiger partial charge in [-0.05, 0) is 55.7 Å². The first-order chi connectivity index (χ1) is 14.5. The van der Waals surface area contributed by atoms with Crippen LogP contribution in [0.1, 0.15) is 25.0 Å². The molecule has 2 aromatic rings. The highest BCUT2D eigenvalue weighted by molar-refractivity contribution is 5.81. The van der Waals surface area contributed by atoms with E-state index in [9.17, 15) is 9.59 Å². The lowest BCUT2D eigenvalue weighted by atomic mass is 10.1. The van der Waals surface area contributed by atoms with Gasteiger partial charge in [-0.3, -0.25) is 9.59 Å². The molecule has 0 saturated carbocycles. The van der Waals surface area contributed by atoms with Gasteiger partial charge in [-0.15, -0.1) is 0 Å². The lowest BCUT2D eigenvalue weighted by molar-refractivity contribution is -0.147. The summed E-state index contributed by atoms with van der Waals surface area (Å²) in [5.41, 5.74) is 1.78. The van der Waals surface area contributed by atoms with Crippen LogP contribution in [0, 0.1) is 0 Å². The van der Waals surface area contributed by atoms with Gasteiger partial charge in [0.15, 0.2) is 18.1 Å². The molecule has 0 fully saturated rings. The minimum absolute atomic E-state index is 0.0802.